The number of nitrogens with zero attached hydrogens (tertiary/aromatic N) is 10. The minimum Gasteiger partial charge on any atom is -0.420 e. The lowest BCUT2D eigenvalue weighted by Crippen LogP contribution is -2.34. The number of halogens is 3. The maximum absolute atomic E-state index is 14.4. The first-order valence-corrected chi connectivity index (χ1v) is 25.9. The number of likely N-dealkylation sites (tertiary alicyclic amines) is 2. The van der Waals surface area contributed by atoms with E-state index in [-0.39, 0.29) is 17.7 Å². The van der Waals surface area contributed by atoms with Crippen LogP contribution in [0.3, 0.4) is 0 Å². The molecule has 11 aromatic rings. The van der Waals surface area contributed by atoms with Crippen LogP contribution in [0, 0.1) is 12.7 Å². The fourth-order valence-electron chi connectivity index (χ4n) is 10.2. The van der Waals surface area contributed by atoms with Crippen LogP contribution in [-0.4, -0.2) is 86.7 Å². The van der Waals surface area contributed by atoms with E-state index in [1.54, 1.807) is 24.5 Å². The van der Waals surface area contributed by atoms with Crippen molar-refractivity contribution in [2.75, 3.05) is 26.2 Å². The van der Waals surface area contributed by atoms with Gasteiger partial charge in [-0.3, -0.25) is 20.0 Å². The zero-order valence-corrected chi connectivity index (χ0v) is 41.9. The minimum absolute atomic E-state index is 0.110. The predicted molar refractivity (Wildman–Crippen MR) is 283 cm³/mol. The van der Waals surface area contributed by atoms with Crippen molar-refractivity contribution in [2.24, 2.45) is 0 Å². The number of aromatic amines is 2. The number of thiophene rings is 1. The van der Waals surface area contributed by atoms with Gasteiger partial charge < -0.3 is 8.83 Å². The van der Waals surface area contributed by atoms with Crippen LogP contribution in [-0.2, 0) is 13.1 Å². The van der Waals surface area contributed by atoms with Crippen molar-refractivity contribution in [1.82, 2.24) is 60.6 Å². The van der Waals surface area contributed by atoms with Crippen LogP contribution in [0.15, 0.2) is 130 Å². The largest absolute Gasteiger partial charge is 0.420 e. The molecule has 4 aromatic carbocycles. The average Bonchev–Trinajstić information content (AvgIpc) is 4.29. The van der Waals surface area contributed by atoms with Gasteiger partial charge in [-0.15, -0.1) is 31.7 Å². The number of piperidine rings is 2. The Hall–Kier alpha value is -7.21. The highest BCUT2D eigenvalue weighted by atomic mass is 35.5. The third-order valence-electron chi connectivity index (χ3n) is 13.9. The summed E-state index contributed by atoms with van der Waals surface area (Å²) in [7, 11) is 0. The Balaban J connectivity index is 0.000000149. The molecule has 2 atom stereocenters. The number of rotatable bonds is 10. The molecule has 2 aliphatic heterocycles. The quantitative estimate of drug-likeness (QED) is 0.125. The molecule has 73 heavy (non-hydrogen) atoms. The van der Waals surface area contributed by atoms with Crippen LogP contribution in [0.4, 0.5) is 4.39 Å². The lowest BCUT2D eigenvalue weighted by molar-refractivity contribution is 0.184. The van der Waals surface area contributed by atoms with E-state index in [1.807, 2.05) is 78.9 Å². The average molecular weight is 1030 g/mol. The molecule has 18 heteroatoms. The van der Waals surface area contributed by atoms with Crippen molar-refractivity contribution in [3.05, 3.63) is 165 Å². The molecule has 7 aromatic heterocycles. The molecule has 0 aliphatic carbocycles. The van der Waals surface area contributed by atoms with E-state index < -0.39 is 0 Å². The van der Waals surface area contributed by atoms with E-state index >= 15 is 0 Å². The first-order valence-electron chi connectivity index (χ1n) is 24.3. The van der Waals surface area contributed by atoms with Crippen molar-refractivity contribution >= 4 is 66.4 Å². The number of benzene rings is 4. The van der Waals surface area contributed by atoms with Crippen LogP contribution in [0.25, 0.3) is 77.3 Å². The summed E-state index contributed by atoms with van der Waals surface area (Å²) in [5, 5.41) is 39.1. The summed E-state index contributed by atoms with van der Waals surface area (Å²) in [4.78, 5) is 12.9. The molecule has 0 bridgehead atoms. The zero-order chi connectivity index (χ0) is 49.4. The summed E-state index contributed by atoms with van der Waals surface area (Å²) in [6.07, 6.45) is 7.46. The Bertz CT molecular complexity index is 3740. The van der Waals surface area contributed by atoms with Crippen LogP contribution in [0.2, 0.25) is 10.3 Å². The number of pyridine rings is 2. The van der Waals surface area contributed by atoms with E-state index in [2.05, 4.69) is 90.2 Å². The van der Waals surface area contributed by atoms with Crippen LogP contribution < -0.4 is 0 Å². The van der Waals surface area contributed by atoms with Gasteiger partial charge in [0.05, 0.1) is 22.9 Å². The van der Waals surface area contributed by atoms with E-state index in [0.29, 0.717) is 40.4 Å². The van der Waals surface area contributed by atoms with Crippen LogP contribution in [0.5, 0.6) is 0 Å². The number of aromatic nitrogens is 10. The smallest absolute Gasteiger partial charge is 0.247 e. The van der Waals surface area contributed by atoms with Crippen molar-refractivity contribution in [3.63, 3.8) is 0 Å². The lowest BCUT2D eigenvalue weighted by atomic mass is 9.97. The Labute approximate surface area is 432 Å². The van der Waals surface area contributed by atoms with Gasteiger partial charge >= 0.3 is 0 Å². The molecular weight excluding hydrogens is 983 g/mol. The number of hydrogen-bond acceptors (Lipinski definition) is 13. The number of hydrogen-bond donors (Lipinski definition) is 2. The van der Waals surface area contributed by atoms with Crippen molar-refractivity contribution in [2.45, 2.75) is 57.5 Å². The molecule has 366 valence electrons. The summed E-state index contributed by atoms with van der Waals surface area (Å²) in [6.45, 7) is 7.15. The van der Waals surface area contributed by atoms with Crippen molar-refractivity contribution in [3.8, 4) is 45.4 Å². The Morgan fingerprint density at radius 3 is 1.78 bits per heavy atom. The van der Waals surface area contributed by atoms with Gasteiger partial charge in [-0.1, -0.05) is 53.5 Å². The summed E-state index contributed by atoms with van der Waals surface area (Å²) in [6, 6.07) is 33.1. The number of aryl methyl sites for hydroxylation is 1. The first kappa shape index (κ1) is 46.8. The number of nitrogens with one attached hydrogen (secondary N) is 2. The van der Waals surface area contributed by atoms with Gasteiger partial charge in [0, 0.05) is 81.9 Å². The molecule has 2 N–H and O–H groups in total. The topological polar surface area (TPSA) is 167 Å². The minimum atomic E-state index is -0.153. The Morgan fingerprint density at radius 2 is 1.21 bits per heavy atom. The zero-order valence-electron chi connectivity index (χ0n) is 39.6. The predicted octanol–water partition coefficient (Wildman–Crippen LogP) is 13.1. The number of H-pyrrole nitrogens is 2. The second-order valence-electron chi connectivity index (χ2n) is 18.7. The molecular formula is C55H47Cl2FN12O2S. The highest BCUT2D eigenvalue weighted by Crippen LogP contribution is 2.36. The van der Waals surface area contributed by atoms with Gasteiger partial charge in [0.15, 0.2) is 0 Å². The highest BCUT2D eigenvalue weighted by Gasteiger charge is 2.29. The highest BCUT2D eigenvalue weighted by molar-refractivity contribution is 7.17. The second-order valence-corrected chi connectivity index (χ2v) is 20.4. The molecule has 2 saturated heterocycles. The standard InChI is InChI=1S/C28H23ClN6OS.C27H24ClFN6O/c29-25-13-17(9-10-30-25)26-22-12-18(7-8-23(22)31-32-26)27-33-34-28(36-27)19-4-3-11-35(14-19)15-20-16-37-24-6-2-1-5-21(20)24;1-16-4-2-6-22(29)21(16)15-35-11-3-5-19(14-35)27-34-33-26(36-27)18-7-8-23-20(12-18)25(32-31-23)17-9-10-30-24(28)13-17/h1-2,5-10,12-13,16,19H,3-4,11,14-15H2,(H,31,32);2,4,6-10,12-13,19H,3,5,11,14-15H2,1H3,(H,31,32)/t2*19-/m11/s1. The van der Waals surface area contributed by atoms with Crippen molar-refractivity contribution in [1.29, 1.82) is 0 Å². The fourth-order valence-corrected chi connectivity index (χ4v) is 11.5. The molecule has 0 saturated carbocycles. The van der Waals surface area contributed by atoms with Gasteiger partial charge in [-0.25, -0.2) is 14.4 Å². The molecule has 0 amide bonds. The third kappa shape index (κ3) is 9.88. The maximum Gasteiger partial charge on any atom is 0.247 e. The van der Waals surface area contributed by atoms with Gasteiger partial charge in [-0.05, 0) is 140 Å². The van der Waals surface area contributed by atoms with Gasteiger partial charge in [0.1, 0.15) is 27.5 Å². The molecule has 0 unspecified atom stereocenters. The SMILES string of the molecule is Cc1cccc(F)c1CN1CCC[C@@H](c2nnc(-c3ccc4[nH]nc(-c5ccnc(Cl)c5)c4c3)o2)C1.Clc1cc(-c2n[nH]c3ccc(-c4nnc([C@@H]5CCCN(Cc6csc7ccccc67)C5)o4)cc23)ccn1. The molecule has 14 nitrogen and oxygen atoms in total. The molecule has 0 spiro atoms. The van der Waals surface area contributed by atoms with Crippen molar-refractivity contribution < 1.29 is 13.2 Å². The Morgan fingerprint density at radius 1 is 0.630 bits per heavy atom. The maximum atomic E-state index is 14.4. The number of fused-ring (bicyclic) bond motifs is 3. The first-order chi connectivity index (χ1) is 35.8. The fraction of sp³-hybridized carbons (Fsp3) is 0.236. The summed E-state index contributed by atoms with van der Waals surface area (Å²) >= 11 is 14.0. The van der Waals surface area contributed by atoms with Gasteiger partial charge in [-0.2, -0.15) is 10.2 Å². The van der Waals surface area contributed by atoms with E-state index in [4.69, 9.17) is 32.0 Å². The van der Waals surface area contributed by atoms with Gasteiger partial charge in [0.25, 0.3) is 0 Å². The van der Waals surface area contributed by atoms with E-state index in [9.17, 15) is 4.39 Å². The molecule has 0 radical (unpaired) electrons. The summed E-state index contributed by atoms with van der Waals surface area (Å²) < 4.78 is 28.1. The van der Waals surface area contributed by atoms with E-state index in [1.165, 1.54) is 21.7 Å². The third-order valence-corrected chi connectivity index (χ3v) is 15.3. The molecule has 2 aliphatic rings. The van der Waals surface area contributed by atoms with Gasteiger partial charge in [0.2, 0.25) is 23.6 Å². The molecule has 2 fully saturated rings. The summed E-state index contributed by atoms with van der Waals surface area (Å²) in [5.41, 5.74) is 9.99. The Kier molecular flexibility index (Phi) is 13.1. The monoisotopic (exact) mass is 1030 g/mol. The van der Waals surface area contributed by atoms with Crippen LogP contribution >= 0.6 is 34.5 Å². The molecule has 9 heterocycles. The second kappa shape index (κ2) is 20.4. The van der Waals surface area contributed by atoms with Crippen LogP contribution in [0.1, 0.15) is 66.0 Å². The summed E-state index contributed by atoms with van der Waals surface area (Å²) in [5.74, 6) is 2.51. The lowest BCUT2D eigenvalue weighted by Gasteiger charge is -2.31. The van der Waals surface area contributed by atoms with E-state index in [0.717, 1.165) is 125 Å². The normalized spacial score (nSPS) is 16.6. The molecule has 13 rings (SSSR count).